The number of rotatable bonds is 5. The molecular weight excluding hydrogens is 517 g/mol. The molecule has 0 bridgehead atoms. The summed E-state index contributed by atoms with van der Waals surface area (Å²) in [4.78, 5) is 24.5. The average Bonchev–Trinajstić information content (AvgIpc) is 3.16. The van der Waals surface area contributed by atoms with Crippen LogP contribution in [0.15, 0.2) is 106 Å². The van der Waals surface area contributed by atoms with E-state index in [1.54, 1.807) is 28.3 Å². The number of hydrogen-bond donors (Lipinski definition) is 0. The highest BCUT2D eigenvalue weighted by molar-refractivity contribution is 7.62. The van der Waals surface area contributed by atoms with Crippen LogP contribution in [0.1, 0.15) is 16.8 Å². The monoisotopic (exact) mass is 543 g/mol. The van der Waals surface area contributed by atoms with Crippen LogP contribution in [0.25, 0.3) is 22.0 Å². The van der Waals surface area contributed by atoms with Crippen LogP contribution >= 0.6 is 0 Å². The Bertz CT molecular complexity index is 1820. The molecule has 0 spiro atoms. The molecule has 0 saturated heterocycles. The predicted molar refractivity (Wildman–Crippen MR) is 149 cm³/mol. The van der Waals surface area contributed by atoms with Crippen LogP contribution in [0.5, 0.6) is 0 Å². The van der Waals surface area contributed by atoms with E-state index in [1.807, 2.05) is 48.5 Å². The van der Waals surface area contributed by atoms with E-state index in [-0.39, 0.29) is 12.1 Å². The number of aryl methyl sites for hydroxylation is 1. The molecular formula is C30H26FN3O4S. The summed E-state index contributed by atoms with van der Waals surface area (Å²) in [7, 11) is -2.85. The molecule has 0 atom stereocenters. The van der Waals surface area contributed by atoms with Crippen LogP contribution in [-0.2, 0) is 28.4 Å². The summed E-state index contributed by atoms with van der Waals surface area (Å²) in [6, 6.07) is 27.0. The van der Waals surface area contributed by atoms with Gasteiger partial charge in [-0.1, -0.05) is 70.6 Å². The first kappa shape index (κ1) is 27.4. The lowest BCUT2D eigenvalue weighted by Crippen LogP contribution is -2.19. The van der Waals surface area contributed by atoms with E-state index < -0.39 is 22.2 Å². The topological polar surface area (TPSA) is 90.5 Å². The number of halogens is 1. The summed E-state index contributed by atoms with van der Waals surface area (Å²) in [6.07, 6.45) is 1.70. The highest BCUT2D eigenvalue weighted by Gasteiger charge is 2.19. The van der Waals surface area contributed by atoms with Gasteiger partial charge in [0.15, 0.2) is 0 Å². The van der Waals surface area contributed by atoms with Crippen molar-refractivity contribution in [3.8, 4) is 11.1 Å². The van der Waals surface area contributed by atoms with Crippen molar-refractivity contribution in [1.82, 2.24) is 9.13 Å². The molecule has 0 aliphatic heterocycles. The van der Waals surface area contributed by atoms with Gasteiger partial charge in [-0.2, -0.15) is 8.42 Å². The minimum Gasteiger partial charge on any atom is -0.335 e. The quantitative estimate of drug-likeness (QED) is 0.291. The van der Waals surface area contributed by atoms with Crippen molar-refractivity contribution < 1.29 is 17.6 Å². The van der Waals surface area contributed by atoms with Gasteiger partial charge in [0, 0.05) is 40.0 Å². The third kappa shape index (κ3) is 6.82. The van der Waals surface area contributed by atoms with Crippen LogP contribution in [0.2, 0.25) is 0 Å². The maximum atomic E-state index is 14.1. The standard InChI is InChI=1S/C23H18FN3O4S.C7H8/c1-15-23(17-7-10-22(29)26(13-17)12-16-5-3-2-4-6-16)19-11-18(24)8-9-20(19)27(15)14-21(28)25-32(30)31;1-7-5-3-2-4-6-7/h2-11,13H,12,14H2,1H3;2-6H,1H3. The van der Waals surface area contributed by atoms with E-state index in [0.29, 0.717) is 34.3 Å². The Hall–Kier alpha value is -4.63. The molecule has 2 aromatic heterocycles. The maximum absolute atomic E-state index is 14.1. The van der Waals surface area contributed by atoms with Crippen molar-refractivity contribution in [2.75, 3.05) is 0 Å². The Morgan fingerprint density at radius 3 is 2.18 bits per heavy atom. The van der Waals surface area contributed by atoms with Gasteiger partial charge in [-0.25, -0.2) is 4.39 Å². The molecule has 3 aromatic carbocycles. The van der Waals surface area contributed by atoms with Crippen LogP contribution in [0.4, 0.5) is 4.39 Å². The lowest BCUT2D eigenvalue weighted by Gasteiger charge is -2.10. The Labute approximate surface area is 226 Å². The first-order valence-electron chi connectivity index (χ1n) is 12.1. The lowest BCUT2D eigenvalue weighted by molar-refractivity contribution is -0.118. The second-order valence-electron chi connectivity index (χ2n) is 8.93. The summed E-state index contributed by atoms with van der Waals surface area (Å²) in [5, 5.41) is 0.545. The molecule has 0 saturated carbocycles. The van der Waals surface area contributed by atoms with Crippen LogP contribution in [-0.4, -0.2) is 23.5 Å². The fourth-order valence-electron chi connectivity index (χ4n) is 4.39. The molecule has 39 heavy (non-hydrogen) atoms. The fourth-order valence-corrected chi connectivity index (χ4v) is 4.61. The molecule has 0 fully saturated rings. The van der Waals surface area contributed by atoms with Crippen molar-refractivity contribution in [2.24, 2.45) is 4.36 Å². The Balaban J connectivity index is 0.000000438. The number of hydrogen-bond acceptors (Lipinski definition) is 4. The highest BCUT2D eigenvalue weighted by atomic mass is 32.2. The van der Waals surface area contributed by atoms with Crippen molar-refractivity contribution in [3.63, 3.8) is 0 Å². The summed E-state index contributed by atoms with van der Waals surface area (Å²) in [6.45, 7) is 3.89. The third-order valence-electron chi connectivity index (χ3n) is 6.16. The van der Waals surface area contributed by atoms with Gasteiger partial charge in [-0.15, -0.1) is 0 Å². The Morgan fingerprint density at radius 1 is 0.897 bits per heavy atom. The molecule has 0 N–H and O–H groups in total. The van der Waals surface area contributed by atoms with Gasteiger partial charge in [-0.3, -0.25) is 9.59 Å². The second-order valence-corrected chi connectivity index (χ2v) is 9.55. The molecule has 198 valence electrons. The molecule has 1 amide bonds. The van der Waals surface area contributed by atoms with Crippen molar-refractivity contribution >= 4 is 27.3 Å². The van der Waals surface area contributed by atoms with Gasteiger partial charge in [0.1, 0.15) is 12.4 Å². The number of amides is 1. The van der Waals surface area contributed by atoms with Crippen LogP contribution < -0.4 is 5.56 Å². The number of carbonyl (C=O) groups excluding carboxylic acids is 1. The second kappa shape index (κ2) is 12.3. The van der Waals surface area contributed by atoms with Crippen molar-refractivity contribution in [3.05, 3.63) is 130 Å². The van der Waals surface area contributed by atoms with Crippen molar-refractivity contribution in [2.45, 2.75) is 26.9 Å². The van der Waals surface area contributed by atoms with E-state index >= 15 is 0 Å². The number of aromatic nitrogens is 2. The molecule has 2 heterocycles. The summed E-state index contributed by atoms with van der Waals surface area (Å²) < 4.78 is 41.8. The Kier molecular flexibility index (Phi) is 8.63. The SMILES string of the molecule is Cc1c(-c2ccc(=O)n(Cc3ccccc3)c2)c2cc(F)ccc2n1CC(=O)N=S(=O)=O.Cc1ccccc1. The van der Waals surface area contributed by atoms with Gasteiger partial charge in [0.25, 0.3) is 11.5 Å². The minimum absolute atomic E-state index is 0.183. The molecule has 0 radical (unpaired) electrons. The summed E-state index contributed by atoms with van der Waals surface area (Å²) in [5.41, 5.74) is 4.59. The van der Waals surface area contributed by atoms with E-state index in [0.717, 1.165) is 5.56 Å². The smallest absolute Gasteiger partial charge is 0.319 e. The molecule has 5 aromatic rings. The van der Waals surface area contributed by atoms with Gasteiger partial charge in [0.05, 0.1) is 6.54 Å². The normalized spacial score (nSPS) is 10.5. The number of nitrogens with zero attached hydrogens (tertiary/aromatic N) is 3. The molecule has 5 rings (SSSR count). The molecule has 9 heteroatoms. The molecule has 0 aliphatic carbocycles. The van der Waals surface area contributed by atoms with Gasteiger partial charge < -0.3 is 9.13 Å². The minimum atomic E-state index is -2.85. The lowest BCUT2D eigenvalue weighted by atomic mass is 10.0. The summed E-state index contributed by atoms with van der Waals surface area (Å²) in [5.74, 6) is -1.30. The van der Waals surface area contributed by atoms with E-state index in [4.69, 9.17) is 0 Å². The van der Waals surface area contributed by atoms with Crippen LogP contribution in [0, 0.1) is 19.7 Å². The third-order valence-corrected chi connectivity index (χ3v) is 6.52. The number of benzene rings is 3. The predicted octanol–water partition coefficient (Wildman–Crippen LogP) is 5.55. The van der Waals surface area contributed by atoms with Gasteiger partial charge >= 0.3 is 10.5 Å². The van der Waals surface area contributed by atoms with Gasteiger partial charge in [-0.05, 0) is 43.7 Å². The zero-order chi connectivity index (χ0) is 27.9. The van der Waals surface area contributed by atoms with E-state index in [1.165, 1.54) is 29.8 Å². The number of fused-ring (bicyclic) bond motifs is 1. The van der Waals surface area contributed by atoms with Crippen LogP contribution in [0.3, 0.4) is 0 Å². The van der Waals surface area contributed by atoms with E-state index in [2.05, 4.69) is 23.4 Å². The first-order chi connectivity index (χ1) is 18.7. The Morgan fingerprint density at radius 2 is 1.56 bits per heavy atom. The molecule has 0 unspecified atom stereocenters. The molecule has 0 aliphatic rings. The number of pyridine rings is 1. The first-order valence-corrected chi connectivity index (χ1v) is 13.1. The van der Waals surface area contributed by atoms with Gasteiger partial charge in [0.2, 0.25) is 0 Å². The molecule has 7 nitrogen and oxygen atoms in total. The number of carbonyl (C=O) groups is 1. The maximum Gasteiger partial charge on any atom is 0.319 e. The fraction of sp³-hybridized carbons (Fsp3) is 0.133. The highest BCUT2D eigenvalue weighted by Crippen LogP contribution is 2.35. The van der Waals surface area contributed by atoms with Crippen molar-refractivity contribution in [1.29, 1.82) is 0 Å². The van der Waals surface area contributed by atoms with E-state index in [9.17, 15) is 22.4 Å². The zero-order valence-corrected chi connectivity index (χ0v) is 22.2. The average molecular weight is 544 g/mol. The summed E-state index contributed by atoms with van der Waals surface area (Å²) >= 11 is 0. The largest absolute Gasteiger partial charge is 0.335 e. The zero-order valence-electron chi connectivity index (χ0n) is 21.4.